The maximum Gasteiger partial charge on any atom is 0.311 e. The van der Waals surface area contributed by atoms with Crippen molar-refractivity contribution >= 4 is 33.3 Å². The Morgan fingerprint density at radius 2 is 2.12 bits per heavy atom. The second kappa shape index (κ2) is 5.68. The molecule has 0 saturated carbocycles. The van der Waals surface area contributed by atoms with Crippen LogP contribution in [0.4, 0.5) is 0 Å². The summed E-state index contributed by atoms with van der Waals surface area (Å²) in [5, 5.41) is 2.35. The molecule has 0 aromatic rings. The number of nitrogens with one attached hydrogen (secondary N) is 1. The summed E-state index contributed by atoms with van der Waals surface area (Å²) in [7, 11) is -1.62. The molecule has 0 spiro atoms. The van der Waals surface area contributed by atoms with Crippen molar-refractivity contribution in [3.8, 4) is 0 Å². The van der Waals surface area contributed by atoms with Crippen molar-refractivity contribution in [2.75, 3.05) is 31.0 Å². The molecule has 1 fully saturated rings. The van der Waals surface area contributed by atoms with Crippen LogP contribution >= 0.6 is 11.6 Å². The number of likely N-dealkylation sites (N-methyl/N-ethyl adjacent to an activating group) is 1. The zero-order valence-electron chi connectivity index (χ0n) is 9.48. The van der Waals surface area contributed by atoms with Gasteiger partial charge in [0.1, 0.15) is 0 Å². The molecular formula is C9H15ClN2O4S. The van der Waals surface area contributed by atoms with E-state index in [2.05, 4.69) is 5.32 Å². The van der Waals surface area contributed by atoms with E-state index in [0.717, 1.165) is 0 Å². The zero-order chi connectivity index (χ0) is 13.1. The highest BCUT2D eigenvalue weighted by Gasteiger charge is 2.34. The second-order valence-electron chi connectivity index (χ2n) is 3.92. The quantitative estimate of drug-likeness (QED) is 0.531. The third kappa shape index (κ3) is 3.85. The van der Waals surface area contributed by atoms with Crippen molar-refractivity contribution in [3.63, 3.8) is 0 Å². The molecule has 6 nitrogen and oxygen atoms in total. The molecule has 0 aromatic carbocycles. The standard InChI is InChI=1S/C9H15ClN2O4S/c1-12(7-2-5-17(15,16)6-7)9(14)8(13)11-4-3-10/h7H,2-6H2,1H3,(H,11,13). The summed E-state index contributed by atoms with van der Waals surface area (Å²) in [6, 6.07) is -0.408. The minimum atomic E-state index is -3.06. The van der Waals surface area contributed by atoms with Gasteiger partial charge in [0.2, 0.25) is 0 Å². The number of hydrogen-bond donors (Lipinski definition) is 1. The monoisotopic (exact) mass is 282 g/mol. The fourth-order valence-corrected chi connectivity index (χ4v) is 3.51. The number of halogens is 1. The number of carbonyl (C=O) groups is 2. The molecule has 1 aliphatic rings. The zero-order valence-corrected chi connectivity index (χ0v) is 11.1. The minimum Gasteiger partial charge on any atom is -0.347 e. The molecule has 98 valence electrons. The van der Waals surface area contributed by atoms with Crippen molar-refractivity contribution < 1.29 is 18.0 Å². The molecule has 0 bridgehead atoms. The topological polar surface area (TPSA) is 83.6 Å². The highest BCUT2D eigenvalue weighted by molar-refractivity contribution is 7.91. The third-order valence-corrected chi connectivity index (χ3v) is 4.59. The lowest BCUT2D eigenvalue weighted by Crippen LogP contribution is -2.46. The smallest absolute Gasteiger partial charge is 0.311 e. The van der Waals surface area contributed by atoms with E-state index in [1.807, 2.05) is 0 Å². The number of alkyl halides is 1. The average molecular weight is 283 g/mol. The maximum atomic E-state index is 11.6. The summed E-state index contributed by atoms with van der Waals surface area (Å²) in [6.07, 6.45) is 0.382. The Kier molecular flexibility index (Phi) is 4.76. The Labute approximate surface area is 105 Å². The fraction of sp³-hybridized carbons (Fsp3) is 0.778. The van der Waals surface area contributed by atoms with Gasteiger partial charge in [-0.25, -0.2) is 8.42 Å². The maximum absolute atomic E-state index is 11.6. The summed E-state index contributed by atoms with van der Waals surface area (Å²) in [5.74, 6) is -1.26. The molecule has 2 amide bonds. The van der Waals surface area contributed by atoms with Crippen LogP contribution < -0.4 is 5.32 Å². The number of sulfone groups is 1. The minimum absolute atomic E-state index is 0.0680. The van der Waals surface area contributed by atoms with E-state index in [-0.39, 0.29) is 23.9 Å². The summed E-state index contributed by atoms with van der Waals surface area (Å²) in [6.45, 7) is 0.211. The van der Waals surface area contributed by atoms with Crippen LogP contribution in [0.2, 0.25) is 0 Å². The van der Waals surface area contributed by atoms with Gasteiger partial charge in [-0.3, -0.25) is 9.59 Å². The first kappa shape index (κ1) is 14.2. The molecule has 8 heteroatoms. The van der Waals surface area contributed by atoms with E-state index in [1.54, 1.807) is 0 Å². The molecule has 0 radical (unpaired) electrons. The number of rotatable bonds is 3. The molecule has 1 rings (SSSR count). The Morgan fingerprint density at radius 1 is 1.47 bits per heavy atom. The molecular weight excluding hydrogens is 268 g/mol. The molecule has 0 aliphatic carbocycles. The van der Waals surface area contributed by atoms with E-state index in [1.165, 1.54) is 11.9 Å². The van der Waals surface area contributed by atoms with Crippen molar-refractivity contribution in [2.45, 2.75) is 12.5 Å². The highest BCUT2D eigenvalue weighted by Crippen LogP contribution is 2.16. The normalized spacial score (nSPS) is 22.1. The fourth-order valence-electron chi connectivity index (χ4n) is 1.64. The molecule has 1 atom stereocenters. The van der Waals surface area contributed by atoms with Crippen LogP contribution in [0.5, 0.6) is 0 Å². The van der Waals surface area contributed by atoms with Crippen LogP contribution in [-0.4, -0.2) is 62.2 Å². The summed E-state index contributed by atoms with van der Waals surface area (Å²) in [5.41, 5.74) is 0. The Morgan fingerprint density at radius 3 is 2.59 bits per heavy atom. The molecule has 1 unspecified atom stereocenters. The lowest BCUT2D eigenvalue weighted by atomic mass is 10.2. The number of nitrogens with zero attached hydrogens (tertiary/aromatic N) is 1. The van der Waals surface area contributed by atoms with Gasteiger partial charge in [-0.1, -0.05) is 0 Å². The van der Waals surface area contributed by atoms with Crippen LogP contribution in [0.25, 0.3) is 0 Å². The van der Waals surface area contributed by atoms with Gasteiger partial charge in [0.15, 0.2) is 9.84 Å². The third-order valence-electron chi connectivity index (χ3n) is 2.65. The Balaban J connectivity index is 2.56. The lowest BCUT2D eigenvalue weighted by molar-refractivity contribution is -0.146. The van der Waals surface area contributed by atoms with Crippen molar-refractivity contribution in [3.05, 3.63) is 0 Å². The Bertz CT molecular complexity index is 409. The van der Waals surface area contributed by atoms with Crippen molar-refractivity contribution in [1.29, 1.82) is 0 Å². The van der Waals surface area contributed by atoms with E-state index in [0.29, 0.717) is 6.42 Å². The van der Waals surface area contributed by atoms with E-state index < -0.39 is 27.7 Å². The summed E-state index contributed by atoms with van der Waals surface area (Å²) < 4.78 is 22.5. The molecule has 1 heterocycles. The van der Waals surface area contributed by atoms with Gasteiger partial charge in [0.05, 0.1) is 11.5 Å². The second-order valence-corrected chi connectivity index (χ2v) is 6.52. The average Bonchev–Trinajstić information content (AvgIpc) is 2.64. The molecule has 1 aliphatic heterocycles. The van der Waals surface area contributed by atoms with Crippen LogP contribution in [0, 0.1) is 0 Å². The van der Waals surface area contributed by atoms with Crippen LogP contribution in [0.3, 0.4) is 0 Å². The lowest BCUT2D eigenvalue weighted by Gasteiger charge is -2.22. The van der Waals surface area contributed by atoms with Gasteiger partial charge in [0.25, 0.3) is 0 Å². The molecule has 0 aromatic heterocycles. The van der Waals surface area contributed by atoms with E-state index in [4.69, 9.17) is 11.6 Å². The van der Waals surface area contributed by atoms with Crippen LogP contribution in [-0.2, 0) is 19.4 Å². The molecule has 1 saturated heterocycles. The Hall–Kier alpha value is -0.820. The SMILES string of the molecule is CN(C(=O)C(=O)NCCCl)C1CCS(=O)(=O)C1. The number of hydrogen-bond acceptors (Lipinski definition) is 4. The highest BCUT2D eigenvalue weighted by atomic mass is 35.5. The molecule has 1 N–H and O–H groups in total. The van der Waals surface area contributed by atoms with Gasteiger partial charge in [-0.15, -0.1) is 11.6 Å². The summed E-state index contributed by atoms with van der Waals surface area (Å²) in [4.78, 5) is 24.2. The first-order valence-corrected chi connectivity index (χ1v) is 7.54. The van der Waals surface area contributed by atoms with Crippen LogP contribution in [0.15, 0.2) is 0 Å². The molecule has 17 heavy (non-hydrogen) atoms. The number of carbonyl (C=O) groups excluding carboxylic acids is 2. The van der Waals surface area contributed by atoms with E-state index in [9.17, 15) is 18.0 Å². The van der Waals surface area contributed by atoms with Crippen molar-refractivity contribution in [2.24, 2.45) is 0 Å². The van der Waals surface area contributed by atoms with Gasteiger partial charge in [-0.05, 0) is 6.42 Å². The predicted octanol–water partition coefficient (Wildman–Crippen LogP) is -1.01. The summed E-state index contributed by atoms with van der Waals surface area (Å²) >= 11 is 5.38. The van der Waals surface area contributed by atoms with Gasteiger partial charge in [0, 0.05) is 25.5 Å². The van der Waals surface area contributed by atoms with Crippen molar-refractivity contribution in [1.82, 2.24) is 10.2 Å². The van der Waals surface area contributed by atoms with Gasteiger partial charge >= 0.3 is 11.8 Å². The van der Waals surface area contributed by atoms with E-state index >= 15 is 0 Å². The largest absolute Gasteiger partial charge is 0.347 e. The predicted molar refractivity (Wildman–Crippen MR) is 63.6 cm³/mol. The van der Waals surface area contributed by atoms with Gasteiger partial charge in [-0.2, -0.15) is 0 Å². The first-order valence-electron chi connectivity index (χ1n) is 5.19. The number of amides is 2. The first-order chi connectivity index (χ1) is 7.87. The van der Waals surface area contributed by atoms with Crippen LogP contribution in [0.1, 0.15) is 6.42 Å². The van der Waals surface area contributed by atoms with Gasteiger partial charge < -0.3 is 10.2 Å².